The predicted molar refractivity (Wildman–Crippen MR) is 241 cm³/mol. The summed E-state index contributed by atoms with van der Waals surface area (Å²) in [6, 6.07) is -0.303. The van der Waals surface area contributed by atoms with Crippen molar-refractivity contribution in [2.75, 3.05) is 26.4 Å². The van der Waals surface area contributed by atoms with E-state index in [-0.39, 0.29) is 24.6 Å². The number of carbonyl (C=O) groups is 2. The molecule has 334 valence electrons. The molecule has 0 aromatic rings. The molecule has 0 amide bonds. The minimum absolute atomic E-state index is 0.00325. The zero-order valence-corrected chi connectivity index (χ0v) is 38.1. The summed E-state index contributed by atoms with van der Waals surface area (Å²) in [4.78, 5) is 25.0. The van der Waals surface area contributed by atoms with E-state index in [1.807, 2.05) is 0 Å². The van der Waals surface area contributed by atoms with Crippen molar-refractivity contribution in [2.24, 2.45) is 5.92 Å². The number of carbonyl (C=O) groups excluding carboxylic acids is 2. The molecule has 0 saturated carbocycles. The summed E-state index contributed by atoms with van der Waals surface area (Å²) >= 11 is 0. The molecule has 0 aliphatic carbocycles. The van der Waals surface area contributed by atoms with Crippen LogP contribution in [0.1, 0.15) is 271 Å². The van der Waals surface area contributed by atoms with Crippen molar-refractivity contribution in [3.05, 3.63) is 0 Å². The number of aliphatic hydroxyl groups excluding tert-OH is 1. The first kappa shape index (κ1) is 54.9. The van der Waals surface area contributed by atoms with Crippen LogP contribution >= 0.6 is 0 Å². The van der Waals surface area contributed by atoms with Crippen LogP contribution in [-0.4, -0.2) is 49.5 Å². The molecule has 2 N–H and O–H groups in total. The summed E-state index contributed by atoms with van der Waals surface area (Å²) in [5.74, 6) is 0.576. The Bertz CT molecular complexity index is 779. The van der Waals surface area contributed by atoms with E-state index in [0.29, 0.717) is 26.2 Å². The molecule has 56 heavy (non-hydrogen) atoms. The molecule has 0 rings (SSSR count). The Morgan fingerprint density at radius 3 is 1.25 bits per heavy atom. The first-order valence-electron chi connectivity index (χ1n) is 25.2. The van der Waals surface area contributed by atoms with Gasteiger partial charge in [0, 0.05) is 13.0 Å². The number of rotatable bonds is 47. The minimum Gasteiger partial charge on any atom is -0.466 e. The minimum atomic E-state index is -0.303. The normalized spacial score (nSPS) is 12.1. The summed E-state index contributed by atoms with van der Waals surface area (Å²) < 4.78 is 11.3. The van der Waals surface area contributed by atoms with E-state index < -0.39 is 0 Å². The highest BCUT2D eigenvalue weighted by Gasteiger charge is 2.18. The van der Waals surface area contributed by atoms with Gasteiger partial charge in [0.05, 0.1) is 19.8 Å². The quantitative estimate of drug-likeness (QED) is 0.0471. The van der Waals surface area contributed by atoms with Gasteiger partial charge in [-0.2, -0.15) is 0 Å². The maximum atomic E-state index is 12.7. The fourth-order valence-corrected chi connectivity index (χ4v) is 8.06. The fraction of sp³-hybridized carbons (Fsp3) is 0.960. The Morgan fingerprint density at radius 1 is 0.429 bits per heavy atom. The van der Waals surface area contributed by atoms with Gasteiger partial charge in [-0.05, 0) is 31.6 Å². The van der Waals surface area contributed by atoms with Gasteiger partial charge in [0.1, 0.15) is 6.04 Å². The summed E-state index contributed by atoms with van der Waals surface area (Å²) in [5, 5.41) is 12.5. The SMILES string of the molecule is CCCCCCCCCCCCCCCCCOC(=O)C(CCCCCCCCCCCCCC(=O)OCCC(CCCCCC)CCCCCC)NCCO. The summed E-state index contributed by atoms with van der Waals surface area (Å²) in [7, 11) is 0. The standard InChI is InChI=1S/C50H99NO5/c1-4-7-10-13-14-15-16-17-18-19-23-26-29-32-37-45-56-50(54)48(51-43-44-52)40-35-30-27-24-21-20-22-25-28-31-36-41-49(53)55-46-42-47(38-33-11-8-5-2)39-34-12-9-6-3/h47-48,51-52H,4-46H2,1-3H3. The number of esters is 2. The third-order valence-electron chi connectivity index (χ3n) is 11.9. The first-order chi connectivity index (χ1) is 27.6. The van der Waals surface area contributed by atoms with Crippen LogP contribution in [0.2, 0.25) is 0 Å². The molecule has 1 atom stereocenters. The van der Waals surface area contributed by atoms with E-state index in [2.05, 4.69) is 26.1 Å². The lowest BCUT2D eigenvalue weighted by atomic mass is 9.92. The van der Waals surface area contributed by atoms with Gasteiger partial charge in [0.2, 0.25) is 0 Å². The topological polar surface area (TPSA) is 84.9 Å². The molecule has 0 spiro atoms. The Hall–Kier alpha value is -1.14. The van der Waals surface area contributed by atoms with Crippen LogP contribution in [0, 0.1) is 5.92 Å². The second kappa shape index (κ2) is 46.5. The largest absolute Gasteiger partial charge is 0.466 e. The molecule has 1 unspecified atom stereocenters. The fourth-order valence-electron chi connectivity index (χ4n) is 8.06. The Kier molecular flexibility index (Phi) is 45.6. The van der Waals surface area contributed by atoms with Gasteiger partial charge >= 0.3 is 11.9 Å². The van der Waals surface area contributed by atoms with E-state index >= 15 is 0 Å². The highest BCUT2D eigenvalue weighted by molar-refractivity contribution is 5.75. The molecule has 6 heteroatoms. The number of hydrogen-bond donors (Lipinski definition) is 2. The van der Waals surface area contributed by atoms with Crippen molar-refractivity contribution in [1.82, 2.24) is 5.32 Å². The third-order valence-corrected chi connectivity index (χ3v) is 11.9. The molecule has 6 nitrogen and oxygen atoms in total. The van der Waals surface area contributed by atoms with Crippen molar-refractivity contribution < 1.29 is 24.2 Å². The van der Waals surface area contributed by atoms with E-state index in [4.69, 9.17) is 9.47 Å². The second-order valence-corrected chi connectivity index (χ2v) is 17.3. The van der Waals surface area contributed by atoms with Crippen LogP contribution in [0.3, 0.4) is 0 Å². The summed E-state index contributed by atoms with van der Waals surface area (Å²) in [6.07, 6.45) is 48.5. The van der Waals surface area contributed by atoms with Crippen molar-refractivity contribution in [1.29, 1.82) is 0 Å². The molecular weight excluding hydrogens is 695 g/mol. The van der Waals surface area contributed by atoms with Crippen molar-refractivity contribution in [3.8, 4) is 0 Å². The molecule has 0 saturated heterocycles. The first-order valence-corrected chi connectivity index (χ1v) is 25.2. The summed E-state index contributed by atoms with van der Waals surface area (Å²) in [5.41, 5.74) is 0. The Morgan fingerprint density at radius 2 is 0.804 bits per heavy atom. The second-order valence-electron chi connectivity index (χ2n) is 17.3. The molecule has 0 aliphatic rings. The Balaban J connectivity index is 3.75. The van der Waals surface area contributed by atoms with Crippen molar-refractivity contribution >= 4 is 11.9 Å². The Labute approximate surface area is 350 Å². The number of hydrogen-bond acceptors (Lipinski definition) is 6. The maximum Gasteiger partial charge on any atom is 0.323 e. The lowest BCUT2D eigenvalue weighted by Crippen LogP contribution is -2.39. The number of aliphatic hydroxyl groups is 1. The highest BCUT2D eigenvalue weighted by atomic mass is 16.5. The van der Waals surface area contributed by atoms with E-state index in [9.17, 15) is 14.7 Å². The average molecular weight is 794 g/mol. The molecular formula is C50H99NO5. The van der Waals surface area contributed by atoms with Gasteiger partial charge in [-0.15, -0.1) is 0 Å². The number of ether oxygens (including phenoxy) is 2. The molecule has 0 aliphatic heterocycles. The van der Waals surface area contributed by atoms with Crippen LogP contribution in [0.25, 0.3) is 0 Å². The maximum absolute atomic E-state index is 12.7. The van der Waals surface area contributed by atoms with Crippen LogP contribution in [0.5, 0.6) is 0 Å². The predicted octanol–water partition coefficient (Wildman–Crippen LogP) is 14.9. The van der Waals surface area contributed by atoms with E-state index in [1.54, 1.807) is 0 Å². The monoisotopic (exact) mass is 794 g/mol. The number of nitrogens with one attached hydrogen (secondary N) is 1. The van der Waals surface area contributed by atoms with Crippen LogP contribution in [-0.2, 0) is 19.1 Å². The summed E-state index contributed by atoms with van der Waals surface area (Å²) in [6.45, 7) is 8.42. The smallest absolute Gasteiger partial charge is 0.323 e. The number of unbranched alkanes of at least 4 members (excludes halogenated alkanes) is 30. The van der Waals surface area contributed by atoms with Crippen LogP contribution in [0.4, 0.5) is 0 Å². The van der Waals surface area contributed by atoms with Crippen molar-refractivity contribution in [2.45, 2.75) is 277 Å². The van der Waals surface area contributed by atoms with Gasteiger partial charge in [-0.3, -0.25) is 9.59 Å². The lowest BCUT2D eigenvalue weighted by Gasteiger charge is -2.17. The van der Waals surface area contributed by atoms with Crippen LogP contribution < -0.4 is 5.32 Å². The highest BCUT2D eigenvalue weighted by Crippen LogP contribution is 2.22. The average Bonchev–Trinajstić information content (AvgIpc) is 3.20. The zero-order valence-electron chi connectivity index (χ0n) is 38.1. The van der Waals surface area contributed by atoms with Crippen LogP contribution in [0.15, 0.2) is 0 Å². The van der Waals surface area contributed by atoms with Gasteiger partial charge in [0.25, 0.3) is 0 Å². The molecule has 0 aromatic carbocycles. The van der Waals surface area contributed by atoms with Gasteiger partial charge in [0.15, 0.2) is 0 Å². The van der Waals surface area contributed by atoms with E-state index in [0.717, 1.165) is 57.3 Å². The van der Waals surface area contributed by atoms with E-state index in [1.165, 1.54) is 193 Å². The lowest BCUT2D eigenvalue weighted by molar-refractivity contribution is -0.146. The molecule has 0 radical (unpaired) electrons. The van der Waals surface area contributed by atoms with Gasteiger partial charge in [-0.25, -0.2) is 0 Å². The molecule has 0 fully saturated rings. The molecule has 0 heterocycles. The third kappa shape index (κ3) is 41.0. The zero-order chi connectivity index (χ0) is 40.8. The van der Waals surface area contributed by atoms with Crippen molar-refractivity contribution in [3.63, 3.8) is 0 Å². The van der Waals surface area contributed by atoms with Gasteiger partial charge < -0.3 is 19.9 Å². The molecule has 0 bridgehead atoms. The van der Waals surface area contributed by atoms with Gasteiger partial charge in [-0.1, -0.05) is 239 Å². The molecule has 0 aromatic heterocycles.